The Morgan fingerprint density at radius 1 is 0.907 bits per heavy atom. The lowest BCUT2D eigenvalue weighted by Gasteiger charge is -2.40. The van der Waals surface area contributed by atoms with Gasteiger partial charge in [-0.25, -0.2) is 4.98 Å². The van der Waals surface area contributed by atoms with Crippen LogP contribution in [0.1, 0.15) is 48.2 Å². The van der Waals surface area contributed by atoms with Crippen LogP contribution in [-0.4, -0.2) is 65.0 Å². The van der Waals surface area contributed by atoms with Crippen LogP contribution in [-0.2, 0) is 6.54 Å². The van der Waals surface area contributed by atoms with E-state index >= 15 is 0 Å². The molecule has 2 saturated heterocycles. The summed E-state index contributed by atoms with van der Waals surface area (Å²) in [7, 11) is 1.65. The van der Waals surface area contributed by atoms with Crippen molar-refractivity contribution in [3.63, 3.8) is 0 Å². The van der Waals surface area contributed by atoms with E-state index in [1.165, 1.54) is 50.8 Å². The van der Waals surface area contributed by atoms with Gasteiger partial charge in [0.15, 0.2) is 0 Å². The van der Waals surface area contributed by atoms with Gasteiger partial charge in [0.1, 0.15) is 11.4 Å². The molecule has 4 heterocycles. The molecule has 2 aliphatic heterocycles. The zero-order valence-electron chi connectivity index (χ0n) is 24.8. The second kappa shape index (κ2) is 12.2. The van der Waals surface area contributed by atoms with E-state index < -0.39 is 0 Å². The molecule has 0 unspecified atom stereocenters. The third-order valence-corrected chi connectivity index (χ3v) is 9.17. The molecule has 43 heavy (non-hydrogen) atoms. The van der Waals surface area contributed by atoms with E-state index in [4.69, 9.17) is 9.72 Å². The number of amides is 1. The van der Waals surface area contributed by atoms with Crippen molar-refractivity contribution >= 4 is 33.4 Å². The number of hydrogen-bond donors (Lipinski definition) is 2. The van der Waals surface area contributed by atoms with E-state index in [0.29, 0.717) is 17.1 Å². The Labute approximate surface area is 252 Å². The molecule has 3 aromatic carbocycles. The van der Waals surface area contributed by atoms with Crippen molar-refractivity contribution in [1.82, 2.24) is 19.8 Å². The molecule has 2 fully saturated rings. The smallest absolute Gasteiger partial charge is 0.274 e. The van der Waals surface area contributed by atoms with E-state index in [2.05, 4.69) is 38.3 Å². The predicted octanol–water partition coefficient (Wildman–Crippen LogP) is 7.09. The Hall–Kier alpha value is -4.20. The summed E-state index contributed by atoms with van der Waals surface area (Å²) in [5.74, 6) is 0.467. The summed E-state index contributed by atoms with van der Waals surface area (Å²) in [6.07, 6.45) is 6.64. The monoisotopic (exact) mass is 573 g/mol. The zero-order valence-corrected chi connectivity index (χ0v) is 24.8. The predicted molar refractivity (Wildman–Crippen MR) is 174 cm³/mol. The Morgan fingerprint density at radius 2 is 1.65 bits per heavy atom. The number of rotatable bonds is 7. The first-order chi connectivity index (χ1) is 21.2. The topological polar surface area (TPSA) is 73.5 Å². The Morgan fingerprint density at radius 3 is 2.44 bits per heavy atom. The highest BCUT2D eigenvalue weighted by Crippen LogP contribution is 2.36. The van der Waals surface area contributed by atoms with E-state index in [1.807, 2.05) is 60.7 Å². The number of benzene rings is 3. The molecular formula is C36H39N5O2. The summed E-state index contributed by atoms with van der Waals surface area (Å²) >= 11 is 0. The maximum Gasteiger partial charge on any atom is 0.274 e. The number of anilines is 1. The van der Waals surface area contributed by atoms with E-state index in [1.54, 1.807) is 7.11 Å². The van der Waals surface area contributed by atoms with Gasteiger partial charge in [-0.3, -0.25) is 9.69 Å². The fourth-order valence-electron chi connectivity index (χ4n) is 6.87. The number of aromatic amines is 1. The van der Waals surface area contributed by atoms with Crippen molar-refractivity contribution in [1.29, 1.82) is 0 Å². The minimum Gasteiger partial charge on any atom is -0.496 e. The number of hydrogen-bond acceptors (Lipinski definition) is 5. The second-order valence-electron chi connectivity index (χ2n) is 11.9. The fourth-order valence-corrected chi connectivity index (χ4v) is 6.87. The lowest BCUT2D eigenvalue weighted by atomic mass is 9.99. The average Bonchev–Trinajstić information content (AvgIpc) is 3.45. The van der Waals surface area contributed by atoms with Crippen LogP contribution in [0.3, 0.4) is 0 Å². The first-order valence-electron chi connectivity index (χ1n) is 15.6. The SMILES string of the molecule is COc1ccccc1-c1nc(C(=O)Nc2ccc(CN3CCC(N4CCCCC4)CC3)cc2)cc2c1[nH]c1ccccc12. The molecule has 2 N–H and O–H groups in total. The number of nitrogens with one attached hydrogen (secondary N) is 2. The van der Waals surface area contributed by atoms with Crippen LogP contribution in [0, 0.1) is 0 Å². The largest absolute Gasteiger partial charge is 0.496 e. The number of ether oxygens (including phenoxy) is 1. The van der Waals surface area contributed by atoms with Gasteiger partial charge in [-0.2, -0.15) is 0 Å². The van der Waals surface area contributed by atoms with E-state index in [-0.39, 0.29) is 5.91 Å². The van der Waals surface area contributed by atoms with Gasteiger partial charge in [0, 0.05) is 40.1 Å². The van der Waals surface area contributed by atoms with Crippen molar-refractivity contribution in [3.05, 3.63) is 90.1 Å². The number of H-pyrrole nitrogens is 1. The molecule has 0 radical (unpaired) electrons. The number of likely N-dealkylation sites (tertiary alicyclic amines) is 2. The van der Waals surface area contributed by atoms with Gasteiger partial charge in [0.2, 0.25) is 0 Å². The Bertz CT molecular complexity index is 1730. The molecule has 0 bridgehead atoms. The molecular weight excluding hydrogens is 534 g/mol. The molecule has 5 aromatic rings. The number of carbonyl (C=O) groups excluding carboxylic acids is 1. The molecule has 7 nitrogen and oxygen atoms in total. The quantitative estimate of drug-likeness (QED) is 0.217. The summed E-state index contributed by atoms with van der Waals surface area (Å²) in [6.45, 7) is 5.81. The Kier molecular flexibility index (Phi) is 7.83. The molecule has 2 aromatic heterocycles. The number of methoxy groups -OCH3 is 1. The van der Waals surface area contributed by atoms with Gasteiger partial charge in [-0.05, 0) is 93.8 Å². The summed E-state index contributed by atoms with van der Waals surface area (Å²) in [5.41, 5.74) is 5.80. The number of carbonyl (C=O) groups is 1. The zero-order chi connectivity index (χ0) is 29.2. The third kappa shape index (κ3) is 5.75. The number of fused-ring (bicyclic) bond motifs is 3. The summed E-state index contributed by atoms with van der Waals surface area (Å²) in [5, 5.41) is 5.09. The third-order valence-electron chi connectivity index (χ3n) is 9.17. The molecule has 0 spiro atoms. The number of aromatic nitrogens is 2. The molecule has 0 aliphatic carbocycles. The minimum atomic E-state index is -0.240. The maximum atomic E-state index is 13.6. The first-order valence-corrected chi connectivity index (χ1v) is 15.6. The fraction of sp³-hybridized carbons (Fsp3) is 0.333. The lowest BCUT2D eigenvalue weighted by Crippen LogP contribution is -2.46. The van der Waals surface area contributed by atoms with Gasteiger partial charge >= 0.3 is 0 Å². The van der Waals surface area contributed by atoms with Gasteiger partial charge in [-0.1, -0.05) is 48.9 Å². The van der Waals surface area contributed by atoms with Crippen molar-refractivity contribution < 1.29 is 9.53 Å². The standard InChI is InChI=1S/C36H39N5O2/c1-43-33-12-6-4-10-29(33)34-35-30(28-9-3-5-11-31(28)38-35)23-32(39-34)36(42)37-26-15-13-25(14-16-26)24-40-21-17-27(18-22-40)41-19-7-2-8-20-41/h3-6,9-16,23,27,38H,2,7-8,17-22,24H2,1H3,(H,37,42). The van der Waals surface area contributed by atoms with Crippen LogP contribution in [0.4, 0.5) is 5.69 Å². The van der Waals surface area contributed by atoms with Crippen LogP contribution in [0.15, 0.2) is 78.9 Å². The van der Waals surface area contributed by atoms with Crippen LogP contribution in [0.5, 0.6) is 5.75 Å². The maximum absolute atomic E-state index is 13.6. The molecule has 220 valence electrons. The molecule has 1 amide bonds. The Balaban J connectivity index is 1.08. The molecule has 7 heteroatoms. The van der Waals surface area contributed by atoms with Crippen LogP contribution in [0.2, 0.25) is 0 Å². The highest BCUT2D eigenvalue weighted by molar-refractivity contribution is 6.14. The minimum absolute atomic E-state index is 0.240. The number of pyridine rings is 1. The normalized spacial score (nSPS) is 17.0. The van der Waals surface area contributed by atoms with Gasteiger partial charge in [0.05, 0.1) is 18.3 Å². The van der Waals surface area contributed by atoms with Crippen molar-refractivity contribution in [2.45, 2.75) is 44.7 Å². The number of nitrogens with zero attached hydrogens (tertiary/aromatic N) is 3. The lowest BCUT2D eigenvalue weighted by molar-refractivity contribution is 0.0896. The summed E-state index contributed by atoms with van der Waals surface area (Å²) < 4.78 is 5.66. The van der Waals surface area contributed by atoms with Crippen LogP contribution in [0.25, 0.3) is 33.1 Å². The second-order valence-corrected chi connectivity index (χ2v) is 11.9. The first kappa shape index (κ1) is 27.6. The van der Waals surface area contributed by atoms with E-state index in [0.717, 1.165) is 58.7 Å². The van der Waals surface area contributed by atoms with Crippen LogP contribution < -0.4 is 10.1 Å². The van der Waals surface area contributed by atoms with Crippen LogP contribution >= 0.6 is 0 Å². The molecule has 2 aliphatic rings. The summed E-state index contributed by atoms with van der Waals surface area (Å²) in [4.78, 5) is 27.3. The average molecular weight is 574 g/mol. The van der Waals surface area contributed by atoms with Gasteiger partial charge in [-0.15, -0.1) is 0 Å². The van der Waals surface area contributed by atoms with Gasteiger partial charge in [0.25, 0.3) is 5.91 Å². The number of piperidine rings is 2. The highest BCUT2D eigenvalue weighted by Gasteiger charge is 2.25. The van der Waals surface area contributed by atoms with Crippen molar-refractivity contribution in [3.8, 4) is 17.0 Å². The highest BCUT2D eigenvalue weighted by atomic mass is 16.5. The van der Waals surface area contributed by atoms with Crippen molar-refractivity contribution in [2.75, 3.05) is 38.6 Å². The summed E-state index contributed by atoms with van der Waals surface area (Å²) in [6, 6.07) is 26.8. The molecule has 7 rings (SSSR count). The van der Waals surface area contributed by atoms with Gasteiger partial charge < -0.3 is 19.9 Å². The molecule has 0 saturated carbocycles. The van der Waals surface area contributed by atoms with Crippen molar-refractivity contribution in [2.24, 2.45) is 0 Å². The number of para-hydroxylation sites is 2. The molecule has 0 atom stereocenters. The van der Waals surface area contributed by atoms with E-state index in [9.17, 15) is 4.79 Å².